The maximum absolute atomic E-state index is 12.2. The van der Waals surface area contributed by atoms with E-state index in [4.69, 9.17) is 5.11 Å². The van der Waals surface area contributed by atoms with Gasteiger partial charge in [-0.25, -0.2) is 9.78 Å². The SMILES string of the molecule is Cc1nc(C(=O)O)c(O)c(=O)n1CCc1ccc(-c2ccccc2)cc1. The monoisotopic (exact) mass is 350 g/mol. The van der Waals surface area contributed by atoms with Crippen molar-refractivity contribution < 1.29 is 15.0 Å². The number of carbonyl (C=O) groups is 1. The maximum Gasteiger partial charge on any atom is 0.358 e. The van der Waals surface area contributed by atoms with E-state index in [1.54, 1.807) is 6.92 Å². The second kappa shape index (κ2) is 7.23. The Bertz CT molecular complexity index is 993. The molecule has 0 saturated carbocycles. The lowest BCUT2D eigenvalue weighted by atomic mass is 10.0. The predicted octanol–water partition coefficient (Wildman–Crippen LogP) is 2.87. The molecule has 0 aliphatic carbocycles. The largest absolute Gasteiger partial charge is 0.501 e. The third-order valence-electron chi connectivity index (χ3n) is 4.22. The summed E-state index contributed by atoms with van der Waals surface area (Å²) in [5, 5.41) is 18.7. The van der Waals surface area contributed by atoms with Crippen molar-refractivity contribution in [1.29, 1.82) is 0 Å². The van der Waals surface area contributed by atoms with Gasteiger partial charge in [-0.05, 0) is 30.0 Å². The van der Waals surface area contributed by atoms with Crippen LogP contribution < -0.4 is 5.56 Å². The van der Waals surface area contributed by atoms with Gasteiger partial charge in [0.15, 0.2) is 5.69 Å². The standard InChI is InChI=1S/C20H18N2O4/c1-13-21-17(20(25)26)18(23)19(24)22(13)12-11-14-7-9-16(10-8-14)15-5-3-2-4-6-15/h2-10,23H,11-12H2,1H3,(H,25,26). The van der Waals surface area contributed by atoms with E-state index >= 15 is 0 Å². The Labute approximate surface area is 150 Å². The van der Waals surface area contributed by atoms with Crippen molar-refractivity contribution in [1.82, 2.24) is 9.55 Å². The second-order valence-electron chi connectivity index (χ2n) is 5.93. The van der Waals surface area contributed by atoms with Crippen LogP contribution in [-0.4, -0.2) is 25.7 Å². The molecule has 26 heavy (non-hydrogen) atoms. The van der Waals surface area contributed by atoms with Gasteiger partial charge in [0.25, 0.3) is 5.56 Å². The molecule has 3 rings (SSSR count). The first kappa shape index (κ1) is 17.4. The van der Waals surface area contributed by atoms with Gasteiger partial charge in [-0.3, -0.25) is 9.36 Å². The van der Waals surface area contributed by atoms with Crippen molar-refractivity contribution in [2.24, 2.45) is 0 Å². The van der Waals surface area contributed by atoms with Gasteiger partial charge in [0.1, 0.15) is 5.82 Å². The summed E-state index contributed by atoms with van der Waals surface area (Å²) in [6, 6.07) is 18.0. The summed E-state index contributed by atoms with van der Waals surface area (Å²) in [5.41, 5.74) is 1.90. The summed E-state index contributed by atoms with van der Waals surface area (Å²) in [6.45, 7) is 1.85. The minimum absolute atomic E-state index is 0.256. The van der Waals surface area contributed by atoms with Gasteiger partial charge in [-0.1, -0.05) is 54.6 Å². The van der Waals surface area contributed by atoms with Gasteiger partial charge in [-0.2, -0.15) is 0 Å². The first-order valence-electron chi connectivity index (χ1n) is 8.15. The zero-order chi connectivity index (χ0) is 18.7. The van der Waals surface area contributed by atoms with Crippen molar-refractivity contribution in [3.8, 4) is 16.9 Å². The highest BCUT2D eigenvalue weighted by Crippen LogP contribution is 2.19. The van der Waals surface area contributed by atoms with E-state index in [0.717, 1.165) is 16.7 Å². The molecule has 0 spiro atoms. The second-order valence-corrected chi connectivity index (χ2v) is 5.93. The van der Waals surface area contributed by atoms with Crippen LogP contribution in [0.25, 0.3) is 11.1 Å². The number of hydrogen-bond acceptors (Lipinski definition) is 4. The summed E-state index contributed by atoms with van der Waals surface area (Å²) in [7, 11) is 0. The van der Waals surface area contributed by atoms with E-state index in [-0.39, 0.29) is 5.82 Å². The molecular formula is C20H18N2O4. The highest BCUT2D eigenvalue weighted by atomic mass is 16.4. The fraction of sp³-hybridized carbons (Fsp3) is 0.150. The minimum Gasteiger partial charge on any atom is -0.501 e. The molecule has 0 aliphatic heterocycles. The number of carboxylic acid groups (broad SMARTS) is 1. The van der Waals surface area contributed by atoms with Crippen LogP contribution in [-0.2, 0) is 13.0 Å². The Morgan fingerprint density at radius 2 is 1.65 bits per heavy atom. The zero-order valence-electron chi connectivity index (χ0n) is 14.2. The maximum atomic E-state index is 12.2. The molecule has 0 atom stereocenters. The Hall–Kier alpha value is -3.41. The summed E-state index contributed by atoms with van der Waals surface area (Å²) >= 11 is 0. The Kier molecular flexibility index (Phi) is 4.84. The molecule has 6 heteroatoms. The first-order chi connectivity index (χ1) is 12.5. The molecule has 0 bridgehead atoms. The van der Waals surface area contributed by atoms with E-state index in [9.17, 15) is 14.7 Å². The molecule has 0 unspecified atom stereocenters. The average molecular weight is 350 g/mol. The number of aromatic carboxylic acids is 1. The van der Waals surface area contributed by atoms with Crippen molar-refractivity contribution in [3.63, 3.8) is 0 Å². The fourth-order valence-corrected chi connectivity index (χ4v) is 2.80. The van der Waals surface area contributed by atoms with Crippen LogP contribution in [0.5, 0.6) is 5.75 Å². The van der Waals surface area contributed by atoms with Gasteiger partial charge in [0, 0.05) is 6.54 Å². The Balaban J connectivity index is 1.78. The van der Waals surface area contributed by atoms with Crippen LogP contribution in [0.4, 0.5) is 0 Å². The lowest BCUT2D eigenvalue weighted by Gasteiger charge is -2.11. The molecule has 0 saturated heterocycles. The van der Waals surface area contributed by atoms with Gasteiger partial charge in [0.05, 0.1) is 0 Å². The van der Waals surface area contributed by atoms with Crippen LogP contribution in [0.15, 0.2) is 59.4 Å². The zero-order valence-corrected chi connectivity index (χ0v) is 14.2. The Morgan fingerprint density at radius 3 is 2.27 bits per heavy atom. The molecule has 6 nitrogen and oxygen atoms in total. The number of aromatic nitrogens is 2. The highest BCUT2D eigenvalue weighted by Gasteiger charge is 2.18. The van der Waals surface area contributed by atoms with E-state index in [0.29, 0.717) is 13.0 Å². The molecule has 0 amide bonds. The number of nitrogens with zero attached hydrogens (tertiary/aromatic N) is 2. The Morgan fingerprint density at radius 1 is 1.04 bits per heavy atom. The molecule has 0 fully saturated rings. The van der Waals surface area contributed by atoms with E-state index in [1.165, 1.54) is 4.57 Å². The van der Waals surface area contributed by atoms with E-state index < -0.39 is 23.0 Å². The summed E-state index contributed by atoms with van der Waals surface area (Å²) in [6.07, 6.45) is 0.559. The number of aromatic hydroxyl groups is 1. The third kappa shape index (κ3) is 3.49. The van der Waals surface area contributed by atoms with Gasteiger partial charge >= 0.3 is 5.97 Å². The van der Waals surface area contributed by atoms with Crippen LogP contribution >= 0.6 is 0 Å². The smallest absolute Gasteiger partial charge is 0.358 e. The quantitative estimate of drug-likeness (QED) is 0.738. The van der Waals surface area contributed by atoms with Gasteiger partial charge < -0.3 is 10.2 Å². The number of aryl methyl sites for hydroxylation is 2. The van der Waals surface area contributed by atoms with Crippen molar-refractivity contribution >= 4 is 5.97 Å². The minimum atomic E-state index is -1.42. The van der Waals surface area contributed by atoms with Crippen LogP contribution in [0, 0.1) is 6.92 Å². The average Bonchev–Trinajstić information content (AvgIpc) is 2.65. The molecule has 2 N–H and O–H groups in total. The molecule has 0 aliphatic rings. The van der Waals surface area contributed by atoms with Crippen LogP contribution in [0.1, 0.15) is 21.9 Å². The fourth-order valence-electron chi connectivity index (χ4n) is 2.80. The molecule has 0 radical (unpaired) electrons. The summed E-state index contributed by atoms with van der Waals surface area (Å²) in [5.74, 6) is -2.00. The number of carboxylic acids is 1. The highest BCUT2D eigenvalue weighted by molar-refractivity contribution is 5.88. The van der Waals surface area contributed by atoms with E-state index in [1.807, 2.05) is 54.6 Å². The van der Waals surface area contributed by atoms with E-state index in [2.05, 4.69) is 4.98 Å². The predicted molar refractivity (Wildman–Crippen MR) is 97.4 cm³/mol. The first-order valence-corrected chi connectivity index (χ1v) is 8.15. The lowest BCUT2D eigenvalue weighted by molar-refractivity contribution is 0.0685. The number of benzene rings is 2. The lowest BCUT2D eigenvalue weighted by Crippen LogP contribution is -2.27. The molecule has 3 aromatic rings. The third-order valence-corrected chi connectivity index (χ3v) is 4.22. The van der Waals surface area contributed by atoms with Gasteiger partial charge in [0.2, 0.25) is 5.75 Å². The number of rotatable bonds is 5. The van der Waals surface area contributed by atoms with Crippen LogP contribution in [0.2, 0.25) is 0 Å². The molecule has 1 heterocycles. The molecule has 2 aromatic carbocycles. The summed E-state index contributed by atoms with van der Waals surface area (Å²) < 4.78 is 1.28. The topological polar surface area (TPSA) is 92.4 Å². The molecule has 132 valence electrons. The molecule has 1 aromatic heterocycles. The molecular weight excluding hydrogens is 332 g/mol. The van der Waals surface area contributed by atoms with Crippen molar-refractivity contribution in [2.45, 2.75) is 19.9 Å². The van der Waals surface area contributed by atoms with Crippen molar-refractivity contribution in [3.05, 3.63) is 82.0 Å². The number of hydrogen-bond donors (Lipinski definition) is 2. The normalized spacial score (nSPS) is 10.7. The van der Waals surface area contributed by atoms with Crippen LogP contribution in [0.3, 0.4) is 0 Å². The summed E-state index contributed by atoms with van der Waals surface area (Å²) in [4.78, 5) is 27.0. The van der Waals surface area contributed by atoms with Gasteiger partial charge in [-0.15, -0.1) is 0 Å². The van der Waals surface area contributed by atoms with Crippen molar-refractivity contribution in [2.75, 3.05) is 0 Å².